The van der Waals surface area contributed by atoms with Crippen molar-refractivity contribution in [2.45, 2.75) is 63.7 Å². The van der Waals surface area contributed by atoms with Gasteiger partial charge in [0.1, 0.15) is 36.2 Å². The lowest BCUT2D eigenvalue weighted by Gasteiger charge is -2.42. The summed E-state index contributed by atoms with van der Waals surface area (Å²) in [4.78, 5) is 22.8. The summed E-state index contributed by atoms with van der Waals surface area (Å²) in [5, 5.41) is 18.1. The number of nitrogens with zero attached hydrogens (tertiary/aromatic N) is 4. The number of nitrogen functional groups attached to an aromatic ring is 1. The molecule has 0 spiro atoms. The number of rotatable bonds is 9. The van der Waals surface area contributed by atoms with Crippen molar-refractivity contribution in [3.8, 4) is 0 Å². The number of ether oxygens (including phenoxy) is 2. The molecule has 1 aromatic carbocycles. The second-order valence-electron chi connectivity index (χ2n) is 10.1. The largest absolute Gasteiger partial charge is 0.383 e. The molecule has 5 N–H and O–H groups in total. The fraction of sp³-hybridized carbons (Fsp3) is 0.519. The number of nitrogens with one attached hydrogen (secondary N) is 2. The van der Waals surface area contributed by atoms with Crippen molar-refractivity contribution in [2.24, 2.45) is 0 Å². The molecule has 0 saturated carbocycles. The molecule has 5 rings (SSSR count). The number of amides is 2. The lowest BCUT2D eigenvalue weighted by atomic mass is 10.0. The van der Waals surface area contributed by atoms with Gasteiger partial charge in [0.15, 0.2) is 5.72 Å². The number of aliphatic hydroxyl groups is 1. The number of hydrogen-bond donors (Lipinski definition) is 4. The van der Waals surface area contributed by atoms with Crippen LogP contribution in [0.25, 0.3) is 11.0 Å². The summed E-state index contributed by atoms with van der Waals surface area (Å²) in [7, 11) is 0. The highest BCUT2D eigenvalue weighted by atomic mass is 16.6. The fourth-order valence-corrected chi connectivity index (χ4v) is 5.28. The van der Waals surface area contributed by atoms with Gasteiger partial charge in [0.2, 0.25) is 0 Å². The highest BCUT2D eigenvalue weighted by molar-refractivity contribution is 5.89. The van der Waals surface area contributed by atoms with Gasteiger partial charge in [-0.1, -0.05) is 25.5 Å². The number of anilines is 2. The maximum Gasteiger partial charge on any atom is 0.319 e. The Hall–Kier alpha value is -3.25. The van der Waals surface area contributed by atoms with Crippen molar-refractivity contribution in [2.75, 3.05) is 37.3 Å². The van der Waals surface area contributed by atoms with Crippen molar-refractivity contribution in [3.05, 3.63) is 48.4 Å². The lowest BCUT2D eigenvalue weighted by molar-refractivity contribution is -0.214. The number of hydrogen-bond acceptors (Lipinski definition) is 8. The van der Waals surface area contributed by atoms with Crippen LogP contribution in [0.15, 0.2) is 42.9 Å². The van der Waals surface area contributed by atoms with Gasteiger partial charge in [-0.3, -0.25) is 9.47 Å². The van der Waals surface area contributed by atoms with Gasteiger partial charge in [-0.25, -0.2) is 14.8 Å². The molecule has 2 aliphatic rings. The third-order valence-electron chi connectivity index (χ3n) is 7.44. The number of aromatic nitrogens is 3. The Labute approximate surface area is 222 Å². The summed E-state index contributed by atoms with van der Waals surface area (Å²) in [5.74, 6) is 0.361. The summed E-state index contributed by atoms with van der Waals surface area (Å²) in [6.45, 7) is 6.08. The van der Waals surface area contributed by atoms with Gasteiger partial charge in [-0.05, 0) is 49.9 Å². The average Bonchev–Trinajstić information content (AvgIpc) is 3.49. The fourth-order valence-electron chi connectivity index (χ4n) is 5.28. The molecule has 4 atom stereocenters. The van der Waals surface area contributed by atoms with Crippen molar-refractivity contribution >= 4 is 28.6 Å². The van der Waals surface area contributed by atoms with Crippen LogP contribution in [0.3, 0.4) is 0 Å². The van der Waals surface area contributed by atoms with Gasteiger partial charge in [0.25, 0.3) is 0 Å². The van der Waals surface area contributed by atoms with E-state index < -0.39 is 11.8 Å². The predicted octanol–water partition coefficient (Wildman–Crippen LogP) is 2.66. The number of fused-ring (bicyclic) bond motifs is 2. The predicted molar refractivity (Wildman–Crippen MR) is 144 cm³/mol. The molecule has 2 aromatic heterocycles. The maximum absolute atomic E-state index is 12.3. The Morgan fingerprint density at radius 3 is 2.84 bits per heavy atom. The van der Waals surface area contributed by atoms with Gasteiger partial charge < -0.3 is 30.9 Å². The molecular weight excluding hydrogens is 486 g/mol. The van der Waals surface area contributed by atoms with Crippen LogP contribution in [-0.2, 0) is 21.6 Å². The van der Waals surface area contributed by atoms with Crippen LogP contribution in [0.4, 0.5) is 16.3 Å². The van der Waals surface area contributed by atoms with Crippen LogP contribution in [0.5, 0.6) is 0 Å². The van der Waals surface area contributed by atoms with Crippen LogP contribution in [0.2, 0.25) is 0 Å². The van der Waals surface area contributed by atoms with Gasteiger partial charge >= 0.3 is 6.03 Å². The highest BCUT2D eigenvalue weighted by Gasteiger charge is 2.55. The van der Waals surface area contributed by atoms with E-state index in [4.69, 9.17) is 15.2 Å². The molecule has 2 saturated heterocycles. The number of unbranched alkanes of at least 4 members (excludes halogenated alkanes) is 1. The van der Waals surface area contributed by atoms with Crippen LogP contribution < -0.4 is 16.4 Å². The molecule has 0 bridgehead atoms. The van der Waals surface area contributed by atoms with Gasteiger partial charge in [0, 0.05) is 31.5 Å². The van der Waals surface area contributed by atoms with Gasteiger partial charge in [0.05, 0.1) is 12.0 Å². The molecule has 2 fully saturated rings. The SMILES string of the molecule is CCCCc1ccc(NC(=O)NCCCN2CC3OC[C@](O)(n4ccc5c(N)ncnc54)[C@@H]3OC2C)cc1. The molecule has 2 aliphatic heterocycles. The molecule has 3 aromatic rings. The average molecular weight is 524 g/mol. The minimum absolute atomic E-state index is 0.0812. The van der Waals surface area contributed by atoms with Crippen molar-refractivity contribution in [3.63, 3.8) is 0 Å². The second kappa shape index (κ2) is 11.2. The van der Waals surface area contributed by atoms with E-state index in [1.54, 1.807) is 16.8 Å². The first-order valence-corrected chi connectivity index (χ1v) is 13.3. The van der Waals surface area contributed by atoms with Gasteiger partial charge in [-0.15, -0.1) is 0 Å². The zero-order chi connectivity index (χ0) is 26.7. The number of benzene rings is 1. The Balaban J connectivity index is 1.10. The first-order chi connectivity index (χ1) is 18.4. The zero-order valence-electron chi connectivity index (χ0n) is 22.0. The quantitative estimate of drug-likeness (QED) is 0.314. The van der Waals surface area contributed by atoms with Crippen LogP contribution in [0.1, 0.15) is 38.7 Å². The third kappa shape index (κ3) is 5.32. The van der Waals surface area contributed by atoms with Gasteiger partial charge in [-0.2, -0.15) is 0 Å². The van der Waals surface area contributed by atoms with E-state index in [1.165, 1.54) is 11.9 Å². The first-order valence-electron chi connectivity index (χ1n) is 13.3. The summed E-state index contributed by atoms with van der Waals surface area (Å²) in [6.07, 6.45) is 6.18. The standard InChI is InChI=1S/C27H37N7O4/c1-3-4-6-19-7-9-20(10-8-19)32-26(35)29-12-5-13-33-15-22-23(38-18(33)2)27(36,16-37-22)34-14-11-21-24(28)30-17-31-25(21)34/h7-11,14,17-18,22-23,36H,3-6,12-13,15-16H2,1-2H3,(H2,28,30,31)(H2,29,32,35)/t18?,22?,23-,27-/m1/s1. The van der Waals surface area contributed by atoms with Crippen molar-refractivity contribution in [1.29, 1.82) is 0 Å². The topological polar surface area (TPSA) is 140 Å². The summed E-state index contributed by atoms with van der Waals surface area (Å²) >= 11 is 0. The molecule has 2 unspecified atom stereocenters. The number of nitrogens with two attached hydrogens (primary N) is 1. The van der Waals surface area contributed by atoms with E-state index in [1.807, 2.05) is 19.1 Å². The number of carbonyl (C=O) groups excluding carboxylic acids is 1. The van der Waals surface area contributed by atoms with E-state index in [0.29, 0.717) is 29.9 Å². The third-order valence-corrected chi connectivity index (χ3v) is 7.44. The molecule has 38 heavy (non-hydrogen) atoms. The van der Waals surface area contributed by atoms with Crippen molar-refractivity contribution < 1.29 is 19.4 Å². The molecular formula is C27H37N7O4. The molecule has 0 aliphatic carbocycles. The highest BCUT2D eigenvalue weighted by Crippen LogP contribution is 2.38. The Morgan fingerprint density at radius 2 is 2.05 bits per heavy atom. The van der Waals surface area contributed by atoms with E-state index in [2.05, 4.69) is 44.6 Å². The monoisotopic (exact) mass is 523 g/mol. The number of carbonyl (C=O) groups is 1. The smallest absolute Gasteiger partial charge is 0.319 e. The Kier molecular flexibility index (Phi) is 7.80. The van der Waals surface area contributed by atoms with Crippen molar-refractivity contribution in [1.82, 2.24) is 24.8 Å². The summed E-state index contributed by atoms with van der Waals surface area (Å²) < 4.78 is 14.0. The minimum Gasteiger partial charge on any atom is -0.383 e. The van der Waals surface area contributed by atoms with E-state index in [0.717, 1.165) is 37.9 Å². The molecule has 2 amide bonds. The molecule has 0 radical (unpaired) electrons. The molecule has 11 nitrogen and oxygen atoms in total. The van der Waals surface area contributed by atoms with E-state index in [-0.39, 0.29) is 25.0 Å². The first kappa shape index (κ1) is 26.4. The zero-order valence-corrected chi connectivity index (χ0v) is 22.0. The minimum atomic E-state index is -1.40. The Bertz CT molecular complexity index is 1250. The molecule has 11 heteroatoms. The Morgan fingerprint density at radius 1 is 1.24 bits per heavy atom. The number of urea groups is 1. The van der Waals surface area contributed by atoms with Crippen LogP contribution in [-0.4, -0.2) is 75.2 Å². The normalized spacial score (nSPS) is 25.4. The summed E-state index contributed by atoms with van der Waals surface area (Å²) in [6, 6.07) is 9.57. The molecule has 204 valence electrons. The molecule has 4 heterocycles. The van der Waals surface area contributed by atoms with Crippen LogP contribution in [0, 0.1) is 0 Å². The lowest BCUT2D eigenvalue weighted by Crippen LogP contribution is -2.58. The number of aryl methyl sites for hydroxylation is 1. The van der Waals surface area contributed by atoms with Crippen LogP contribution >= 0.6 is 0 Å². The van der Waals surface area contributed by atoms with E-state index >= 15 is 0 Å². The van der Waals surface area contributed by atoms with E-state index in [9.17, 15) is 9.90 Å². The second-order valence-corrected chi connectivity index (χ2v) is 10.1. The summed E-state index contributed by atoms with van der Waals surface area (Å²) in [5.41, 5.74) is 7.17. The maximum atomic E-state index is 12.3.